The first kappa shape index (κ1) is 16.5. The van der Waals surface area contributed by atoms with Crippen LogP contribution < -0.4 is 15.5 Å². The highest BCUT2D eigenvalue weighted by Crippen LogP contribution is 2.18. The second-order valence-corrected chi connectivity index (χ2v) is 6.09. The minimum Gasteiger partial charge on any atom is -0.494 e. The van der Waals surface area contributed by atoms with Crippen LogP contribution in [0.25, 0.3) is 0 Å². The molecule has 0 aliphatic carbocycles. The van der Waals surface area contributed by atoms with Crippen LogP contribution in [-0.4, -0.2) is 31.1 Å². The first-order chi connectivity index (χ1) is 11.8. The molecular weight excluding hydrogens is 300 g/mol. The second-order valence-electron chi connectivity index (χ2n) is 6.09. The molecule has 0 bridgehead atoms. The van der Waals surface area contributed by atoms with Gasteiger partial charge in [-0.2, -0.15) is 0 Å². The van der Waals surface area contributed by atoms with Gasteiger partial charge in [-0.05, 0) is 68.8 Å². The van der Waals surface area contributed by atoms with E-state index in [1.807, 2.05) is 36.4 Å². The summed E-state index contributed by atoms with van der Waals surface area (Å²) in [5, 5.41) is 3.15. The zero-order valence-corrected chi connectivity index (χ0v) is 13.9. The number of ether oxygens (including phenoxy) is 1. The van der Waals surface area contributed by atoms with Gasteiger partial charge in [0.05, 0.1) is 12.3 Å². The Morgan fingerprint density at radius 2 is 1.71 bits per heavy atom. The van der Waals surface area contributed by atoms with Gasteiger partial charge < -0.3 is 15.0 Å². The average Bonchev–Trinajstić information content (AvgIpc) is 3.04. The van der Waals surface area contributed by atoms with E-state index in [0.717, 1.165) is 31.0 Å². The summed E-state index contributed by atoms with van der Waals surface area (Å²) < 4.78 is 5.79. The molecule has 1 aliphatic heterocycles. The van der Waals surface area contributed by atoms with Crippen molar-refractivity contribution in [2.24, 2.45) is 0 Å². The van der Waals surface area contributed by atoms with Gasteiger partial charge in [0.1, 0.15) is 5.75 Å². The molecule has 0 spiro atoms. The SMILES string of the molecule is O=c1cccccc1Nc1ccc(OCCCN2CCCC2)cc1. The first-order valence-corrected chi connectivity index (χ1v) is 8.63. The molecule has 0 unspecified atom stereocenters. The van der Waals surface area contributed by atoms with Crippen molar-refractivity contribution in [3.05, 3.63) is 64.8 Å². The summed E-state index contributed by atoms with van der Waals surface area (Å²) in [5.41, 5.74) is 1.42. The highest BCUT2D eigenvalue weighted by atomic mass is 16.5. The van der Waals surface area contributed by atoms with Crippen molar-refractivity contribution in [1.82, 2.24) is 4.90 Å². The third kappa shape index (κ3) is 4.83. The van der Waals surface area contributed by atoms with Crippen LogP contribution in [0.4, 0.5) is 11.4 Å². The first-order valence-electron chi connectivity index (χ1n) is 8.63. The fourth-order valence-corrected chi connectivity index (χ4v) is 2.91. The quantitative estimate of drug-likeness (QED) is 0.789. The fraction of sp³-hybridized carbons (Fsp3) is 0.350. The van der Waals surface area contributed by atoms with E-state index in [9.17, 15) is 4.79 Å². The Balaban J connectivity index is 1.48. The van der Waals surface area contributed by atoms with Gasteiger partial charge in [0.15, 0.2) is 0 Å². The summed E-state index contributed by atoms with van der Waals surface area (Å²) in [4.78, 5) is 14.4. The number of anilines is 2. The standard InChI is InChI=1S/C20H24N2O2/c23-20-8-3-1-2-7-19(20)21-17-9-11-18(12-10-17)24-16-6-15-22-13-4-5-14-22/h1-3,7-12H,4-6,13-16H2,(H,21,23). The van der Waals surface area contributed by atoms with Crippen molar-refractivity contribution < 1.29 is 4.74 Å². The van der Waals surface area contributed by atoms with Crippen molar-refractivity contribution in [2.75, 3.05) is 31.6 Å². The van der Waals surface area contributed by atoms with E-state index < -0.39 is 0 Å². The molecule has 3 rings (SSSR count). The lowest BCUT2D eigenvalue weighted by Crippen LogP contribution is -2.21. The number of hydrogen-bond acceptors (Lipinski definition) is 4. The highest BCUT2D eigenvalue weighted by molar-refractivity contribution is 5.59. The topological polar surface area (TPSA) is 41.6 Å². The van der Waals surface area contributed by atoms with E-state index >= 15 is 0 Å². The summed E-state index contributed by atoms with van der Waals surface area (Å²) in [6.07, 6.45) is 3.72. The zero-order valence-electron chi connectivity index (χ0n) is 13.9. The van der Waals surface area contributed by atoms with Crippen LogP contribution in [0.5, 0.6) is 5.75 Å². The van der Waals surface area contributed by atoms with Gasteiger partial charge in [0.2, 0.25) is 5.43 Å². The maximum absolute atomic E-state index is 11.9. The average molecular weight is 324 g/mol. The highest BCUT2D eigenvalue weighted by Gasteiger charge is 2.10. The maximum Gasteiger partial charge on any atom is 0.201 e. The largest absolute Gasteiger partial charge is 0.494 e. The predicted molar refractivity (Wildman–Crippen MR) is 98.2 cm³/mol. The lowest BCUT2D eigenvalue weighted by atomic mass is 10.3. The molecule has 0 amide bonds. The molecule has 0 atom stereocenters. The van der Waals surface area contributed by atoms with Gasteiger partial charge in [-0.3, -0.25) is 4.79 Å². The van der Waals surface area contributed by atoms with Crippen LogP contribution in [0.15, 0.2) is 59.4 Å². The summed E-state index contributed by atoms with van der Waals surface area (Å²) in [5.74, 6) is 0.864. The van der Waals surface area contributed by atoms with Crippen molar-refractivity contribution in [2.45, 2.75) is 19.3 Å². The molecule has 1 heterocycles. The molecule has 126 valence electrons. The van der Waals surface area contributed by atoms with Crippen molar-refractivity contribution >= 4 is 11.4 Å². The fourth-order valence-electron chi connectivity index (χ4n) is 2.91. The molecule has 1 aliphatic rings. The maximum atomic E-state index is 11.9. The number of nitrogens with one attached hydrogen (secondary N) is 1. The van der Waals surface area contributed by atoms with Crippen LogP contribution in [0, 0.1) is 0 Å². The molecule has 0 radical (unpaired) electrons. The van der Waals surface area contributed by atoms with E-state index in [1.165, 1.54) is 25.9 Å². The van der Waals surface area contributed by atoms with E-state index in [4.69, 9.17) is 4.74 Å². The van der Waals surface area contributed by atoms with Crippen LogP contribution in [-0.2, 0) is 0 Å². The summed E-state index contributed by atoms with van der Waals surface area (Å²) in [7, 11) is 0. The number of hydrogen-bond donors (Lipinski definition) is 1. The predicted octanol–water partition coefficient (Wildman–Crippen LogP) is 3.66. The monoisotopic (exact) mass is 324 g/mol. The molecule has 4 heteroatoms. The molecule has 1 fully saturated rings. The molecule has 1 saturated heterocycles. The normalized spacial score (nSPS) is 14.5. The van der Waals surface area contributed by atoms with Crippen molar-refractivity contribution in [3.63, 3.8) is 0 Å². The Bertz CT molecular complexity index is 694. The molecule has 2 aromatic carbocycles. The van der Waals surface area contributed by atoms with Crippen LogP contribution in [0.3, 0.4) is 0 Å². The van der Waals surface area contributed by atoms with E-state index in [-0.39, 0.29) is 5.43 Å². The lowest BCUT2D eigenvalue weighted by Gasteiger charge is -2.14. The van der Waals surface area contributed by atoms with Crippen LogP contribution >= 0.6 is 0 Å². The smallest absolute Gasteiger partial charge is 0.201 e. The number of benzene rings is 1. The molecule has 0 saturated carbocycles. The van der Waals surface area contributed by atoms with Gasteiger partial charge in [-0.25, -0.2) is 0 Å². The molecule has 2 aromatic rings. The Morgan fingerprint density at radius 3 is 2.50 bits per heavy atom. The molecule has 4 nitrogen and oxygen atoms in total. The van der Waals surface area contributed by atoms with Crippen molar-refractivity contribution in [1.29, 1.82) is 0 Å². The minimum absolute atomic E-state index is 0.0257. The van der Waals surface area contributed by atoms with Gasteiger partial charge in [-0.15, -0.1) is 0 Å². The van der Waals surface area contributed by atoms with Gasteiger partial charge in [0.25, 0.3) is 0 Å². The van der Waals surface area contributed by atoms with Gasteiger partial charge in [0, 0.05) is 12.2 Å². The van der Waals surface area contributed by atoms with Gasteiger partial charge >= 0.3 is 0 Å². The Kier molecular flexibility index (Phi) is 5.85. The summed E-state index contributed by atoms with van der Waals surface area (Å²) in [6.45, 7) is 4.33. The van der Waals surface area contributed by atoms with E-state index in [1.54, 1.807) is 18.2 Å². The zero-order chi connectivity index (χ0) is 16.6. The molecular formula is C20H24N2O2. The van der Waals surface area contributed by atoms with E-state index in [2.05, 4.69) is 10.2 Å². The Morgan fingerprint density at radius 1 is 0.958 bits per heavy atom. The second kappa shape index (κ2) is 8.50. The third-order valence-corrected chi connectivity index (χ3v) is 4.22. The Labute approximate surface area is 143 Å². The Hall–Kier alpha value is -2.33. The van der Waals surface area contributed by atoms with E-state index in [0.29, 0.717) is 5.69 Å². The number of rotatable bonds is 7. The lowest BCUT2D eigenvalue weighted by molar-refractivity contribution is 0.263. The van der Waals surface area contributed by atoms with Crippen LogP contribution in [0.2, 0.25) is 0 Å². The number of nitrogens with zero attached hydrogens (tertiary/aromatic N) is 1. The number of likely N-dealkylation sites (tertiary alicyclic amines) is 1. The van der Waals surface area contributed by atoms with Crippen LogP contribution in [0.1, 0.15) is 19.3 Å². The van der Waals surface area contributed by atoms with Crippen molar-refractivity contribution in [3.8, 4) is 5.75 Å². The van der Waals surface area contributed by atoms with Gasteiger partial charge in [-0.1, -0.05) is 18.2 Å². The molecule has 1 N–H and O–H groups in total. The molecule has 24 heavy (non-hydrogen) atoms. The third-order valence-electron chi connectivity index (χ3n) is 4.22. The minimum atomic E-state index is -0.0257. The molecule has 0 aromatic heterocycles. The summed E-state index contributed by atoms with van der Waals surface area (Å²) in [6, 6.07) is 16.5. The summed E-state index contributed by atoms with van der Waals surface area (Å²) >= 11 is 0.